The van der Waals surface area contributed by atoms with E-state index in [4.69, 9.17) is 17.3 Å². The summed E-state index contributed by atoms with van der Waals surface area (Å²) in [7, 11) is 0. The van der Waals surface area contributed by atoms with Gasteiger partial charge in [-0.25, -0.2) is 0 Å². The van der Waals surface area contributed by atoms with Crippen molar-refractivity contribution in [1.82, 2.24) is 0 Å². The van der Waals surface area contributed by atoms with E-state index in [0.29, 0.717) is 22.8 Å². The summed E-state index contributed by atoms with van der Waals surface area (Å²) in [5, 5.41) is 0.399. The number of hydrogen-bond donors (Lipinski definition) is 1. The minimum atomic E-state index is -0.141. The maximum Gasteiger partial charge on any atom is 0.260 e. The zero-order chi connectivity index (χ0) is 14.7. The predicted octanol–water partition coefficient (Wildman–Crippen LogP) is 3.90. The molecule has 0 spiro atoms. The lowest BCUT2D eigenvalue weighted by Gasteiger charge is -2.22. The van der Waals surface area contributed by atoms with Gasteiger partial charge in [-0.2, -0.15) is 0 Å². The minimum Gasteiger partial charge on any atom is -0.397 e. The summed E-state index contributed by atoms with van der Waals surface area (Å²) in [6.07, 6.45) is 0. The number of para-hydroxylation sites is 1. The number of anilines is 2. The Balaban J connectivity index is 2.42. The average molecular weight is 289 g/mol. The third kappa shape index (κ3) is 2.78. The van der Waals surface area contributed by atoms with Gasteiger partial charge in [0.1, 0.15) is 0 Å². The number of benzene rings is 2. The van der Waals surface area contributed by atoms with E-state index in [1.807, 2.05) is 38.1 Å². The Hall–Kier alpha value is -2.00. The molecule has 0 aliphatic carbocycles. The number of aryl methyl sites for hydroxylation is 1. The Morgan fingerprint density at radius 1 is 1.25 bits per heavy atom. The lowest BCUT2D eigenvalue weighted by atomic mass is 10.1. The first-order valence-corrected chi connectivity index (χ1v) is 6.85. The molecular formula is C16H17ClN2O. The van der Waals surface area contributed by atoms with E-state index in [2.05, 4.69) is 0 Å². The summed E-state index contributed by atoms with van der Waals surface area (Å²) in [6.45, 7) is 4.49. The lowest BCUT2D eigenvalue weighted by molar-refractivity contribution is 0.0989. The maximum atomic E-state index is 12.6. The van der Waals surface area contributed by atoms with Crippen molar-refractivity contribution in [3.05, 3.63) is 58.6 Å². The molecule has 0 aliphatic rings. The first-order valence-electron chi connectivity index (χ1n) is 6.47. The molecule has 0 saturated heterocycles. The molecule has 0 heterocycles. The molecule has 0 atom stereocenters. The van der Waals surface area contributed by atoms with E-state index in [1.54, 1.807) is 23.1 Å². The number of carbonyl (C=O) groups excluding carboxylic acids is 1. The first kappa shape index (κ1) is 14.4. The van der Waals surface area contributed by atoms with Crippen LogP contribution in [0.25, 0.3) is 0 Å². The fourth-order valence-electron chi connectivity index (χ4n) is 2.11. The SMILES string of the molecule is CCN(C(=O)c1cccc(Cl)c1N)c1cccc(C)c1. The Bertz CT molecular complexity index is 640. The molecule has 0 radical (unpaired) electrons. The fraction of sp³-hybridized carbons (Fsp3) is 0.188. The molecule has 2 aromatic rings. The van der Waals surface area contributed by atoms with Crippen LogP contribution in [-0.2, 0) is 0 Å². The number of nitrogens with zero attached hydrogens (tertiary/aromatic N) is 1. The van der Waals surface area contributed by atoms with Crippen LogP contribution < -0.4 is 10.6 Å². The van der Waals surface area contributed by atoms with Crippen LogP contribution in [0.15, 0.2) is 42.5 Å². The number of halogens is 1. The molecule has 1 amide bonds. The van der Waals surface area contributed by atoms with Crippen molar-refractivity contribution in [3.8, 4) is 0 Å². The van der Waals surface area contributed by atoms with Gasteiger partial charge in [-0.15, -0.1) is 0 Å². The highest BCUT2D eigenvalue weighted by atomic mass is 35.5. The summed E-state index contributed by atoms with van der Waals surface area (Å²) in [5.41, 5.74) is 8.62. The summed E-state index contributed by atoms with van der Waals surface area (Å²) >= 11 is 5.98. The quantitative estimate of drug-likeness (QED) is 0.871. The molecule has 0 fully saturated rings. The summed E-state index contributed by atoms with van der Waals surface area (Å²) < 4.78 is 0. The highest BCUT2D eigenvalue weighted by Gasteiger charge is 2.19. The van der Waals surface area contributed by atoms with Gasteiger partial charge in [-0.1, -0.05) is 29.8 Å². The molecule has 104 valence electrons. The van der Waals surface area contributed by atoms with Crippen molar-refractivity contribution in [2.24, 2.45) is 0 Å². The lowest BCUT2D eigenvalue weighted by Crippen LogP contribution is -2.31. The summed E-state index contributed by atoms with van der Waals surface area (Å²) in [4.78, 5) is 14.3. The Kier molecular flexibility index (Phi) is 4.30. The molecule has 0 aromatic heterocycles. The van der Waals surface area contributed by atoms with Crippen molar-refractivity contribution in [2.45, 2.75) is 13.8 Å². The van der Waals surface area contributed by atoms with Crippen LogP contribution in [0.1, 0.15) is 22.8 Å². The molecular weight excluding hydrogens is 272 g/mol. The number of nitrogen functional groups attached to an aromatic ring is 1. The number of hydrogen-bond acceptors (Lipinski definition) is 2. The van der Waals surface area contributed by atoms with Crippen LogP contribution in [0.3, 0.4) is 0 Å². The zero-order valence-electron chi connectivity index (χ0n) is 11.6. The molecule has 0 bridgehead atoms. The first-order chi connectivity index (χ1) is 9.54. The second kappa shape index (κ2) is 5.97. The maximum absolute atomic E-state index is 12.6. The van der Waals surface area contributed by atoms with Crippen molar-refractivity contribution in [1.29, 1.82) is 0 Å². The van der Waals surface area contributed by atoms with Crippen LogP contribution in [0.4, 0.5) is 11.4 Å². The van der Waals surface area contributed by atoms with Gasteiger partial charge in [-0.05, 0) is 43.7 Å². The number of amides is 1. The molecule has 0 saturated carbocycles. The summed E-state index contributed by atoms with van der Waals surface area (Å²) in [6, 6.07) is 12.9. The van der Waals surface area contributed by atoms with E-state index in [0.717, 1.165) is 11.3 Å². The molecule has 2 aromatic carbocycles. The highest BCUT2D eigenvalue weighted by Crippen LogP contribution is 2.26. The Morgan fingerprint density at radius 2 is 1.95 bits per heavy atom. The topological polar surface area (TPSA) is 46.3 Å². The zero-order valence-corrected chi connectivity index (χ0v) is 12.3. The molecule has 4 heteroatoms. The summed E-state index contributed by atoms with van der Waals surface area (Å²) in [5.74, 6) is -0.141. The van der Waals surface area contributed by atoms with E-state index in [9.17, 15) is 4.79 Å². The Morgan fingerprint density at radius 3 is 2.60 bits per heavy atom. The van der Waals surface area contributed by atoms with Crippen molar-refractivity contribution in [3.63, 3.8) is 0 Å². The molecule has 2 N–H and O–H groups in total. The minimum absolute atomic E-state index is 0.141. The van der Waals surface area contributed by atoms with Gasteiger partial charge in [0.25, 0.3) is 5.91 Å². The van der Waals surface area contributed by atoms with Gasteiger partial charge < -0.3 is 10.6 Å². The second-order valence-corrected chi connectivity index (χ2v) is 5.00. The van der Waals surface area contributed by atoms with E-state index in [1.165, 1.54) is 0 Å². The van der Waals surface area contributed by atoms with Gasteiger partial charge in [0.15, 0.2) is 0 Å². The third-order valence-corrected chi connectivity index (χ3v) is 3.49. The van der Waals surface area contributed by atoms with E-state index < -0.39 is 0 Å². The third-order valence-electron chi connectivity index (χ3n) is 3.16. The van der Waals surface area contributed by atoms with Gasteiger partial charge in [-0.3, -0.25) is 4.79 Å². The van der Waals surface area contributed by atoms with Crippen LogP contribution in [0, 0.1) is 6.92 Å². The number of nitrogens with two attached hydrogens (primary N) is 1. The van der Waals surface area contributed by atoms with Gasteiger partial charge in [0.2, 0.25) is 0 Å². The molecule has 20 heavy (non-hydrogen) atoms. The van der Waals surface area contributed by atoms with Crippen LogP contribution in [-0.4, -0.2) is 12.5 Å². The van der Waals surface area contributed by atoms with Crippen LogP contribution in [0.5, 0.6) is 0 Å². The van der Waals surface area contributed by atoms with Gasteiger partial charge >= 0.3 is 0 Å². The Labute approximate surface area is 124 Å². The van der Waals surface area contributed by atoms with Crippen molar-refractivity contribution in [2.75, 3.05) is 17.2 Å². The van der Waals surface area contributed by atoms with Crippen molar-refractivity contribution >= 4 is 28.9 Å². The van der Waals surface area contributed by atoms with E-state index in [-0.39, 0.29) is 5.91 Å². The highest BCUT2D eigenvalue weighted by molar-refractivity contribution is 6.34. The van der Waals surface area contributed by atoms with E-state index >= 15 is 0 Å². The van der Waals surface area contributed by atoms with Crippen molar-refractivity contribution < 1.29 is 4.79 Å². The average Bonchev–Trinajstić information content (AvgIpc) is 2.42. The molecule has 3 nitrogen and oxygen atoms in total. The monoisotopic (exact) mass is 288 g/mol. The second-order valence-electron chi connectivity index (χ2n) is 4.59. The molecule has 0 unspecified atom stereocenters. The van der Waals surface area contributed by atoms with Crippen LogP contribution in [0.2, 0.25) is 5.02 Å². The number of rotatable bonds is 3. The number of carbonyl (C=O) groups is 1. The smallest absolute Gasteiger partial charge is 0.260 e. The predicted molar refractivity (Wildman–Crippen MR) is 84.4 cm³/mol. The molecule has 0 aliphatic heterocycles. The normalized spacial score (nSPS) is 10.3. The standard InChI is InChI=1S/C16H17ClN2O/c1-3-19(12-7-4-6-11(2)10-12)16(20)13-8-5-9-14(17)15(13)18/h4-10H,3,18H2,1-2H3. The van der Waals surface area contributed by atoms with Crippen LogP contribution >= 0.6 is 11.6 Å². The molecule has 2 rings (SSSR count). The van der Waals surface area contributed by atoms with Gasteiger partial charge in [0.05, 0.1) is 16.3 Å². The largest absolute Gasteiger partial charge is 0.397 e. The fourth-order valence-corrected chi connectivity index (χ4v) is 2.28. The van der Waals surface area contributed by atoms with Gasteiger partial charge in [0, 0.05) is 12.2 Å².